The van der Waals surface area contributed by atoms with Crippen molar-refractivity contribution in [2.75, 3.05) is 18.2 Å². The van der Waals surface area contributed by atoms with Gasteiger partial charge in [0.25, 0.3) is 0 Å². The Morgan fingerprint density at radius 1 is 1.19 bits per heavy atom. The molecule has 1 heterocycles. The van der Waals surface area contributed by atoms with Gasteiger partial charge in [0.05, 0.1) is 7.11 Å². The summed E-state index contributed by atoms with van der Waals surface area (Å²) in [5.74, 6) is 3.18. The van der Waals surface area contributed by atoms with Crippen LogP contribution in [-0.4, -0.2) is 17.1 Å². The summed E-state index contributed by atoms with van der Waals surface area (Å²) in [6.07, 6.45) is 0. The number of nitrogens with one attached hydrogen (secondary N) is 1. The van der Waals surface area contributed by atoms with Crippen LogP contribution in [0.2, 0.25) is 0 Å². The highest BCUT2D eigenvalue weighted by molar-refractivity contribution is 5.55. The van der Waals surface area contributed by atoms with Gasteiger partial charge < -0.3 is 15.8 Å². The van der Waals surface area contributed by atoms with Gasteiger partial charge in [0, 0.05) is 18.0 Å². The molecule has 0 radical (unpaired) electrons. The van der Waals surface area contributed by atoms with E-state index in [0.29, 0.717) is 12.4 Å². The number of nitrogens with zero attached hydrogens (tertiary/aromatic N) is 2. The first-order chi connectivity index (χ1) is 10.0. The summed E-state index contributed by atoms with van der Waals surface area (Å²) in [6, 6.07) is 7.93. The molecular weight excluding hydrogens is 264 g/mol. The summed E-state index contributed by atoms with van der Waals surface area (Å²) in [6.45, 7) is 6.71. The summed E-state index contributed by atoms with van der Waals surface area (Å²) < 4.78 is 5.15. The van der Waals surface area contributed by atoms with Crippen molar-refractivity contribution < 1.29 is 4.74 Å². The van der Waals surface area contributed by atoms with E-state index < -0.39 is 0 Å². The van der Waals surface area contributed by atoms with E-state index in [0.717, 1.165) is 28.5 Å². The first-order valence-electron chi connectivity index (χ1n) is 7.02. The van der Waals surface area contributed by atoms with Gasteiger partial charge in [-0.1, -0.05) is 26.0 Å². The molecule has 0 unspecified atom stereocenters. The summed E-state index contributed by atoms with van der Waals surface area (Å²) >= 11 is 0. The fourth-order valence-corrected chi connectivity index (χ4v) is 1.91. The monoisotopic (exact) mass is 286 g/mol. The first-order valence-corrected chi connectivity index (χ1v) is 7.02. The average Bonchev–Trinajstić information content (AvgIpc) is 2.49. The first kappa shape index (κ1) is 15.1. The van der Waals surface area contributed by atoms with E-state index in [1.54, 1.807) is 7.11 Å². The second-order valence-corrected chi connectivity index (χ2v) is 5.30. The molecule has 0 saturated carbocycles. The van der Waals surface area contributed by atoms with Crippen LogP contribution in [0, 0.1) is 6.92 Å². The van der Waals surface area contributed by atoms with Crippen molar-refractivity contribution in [1.82, 2.24) is 9.97 Å². The van der Waals surface area contributed by atoms with Gasteiger partial charge in [0.2, 0.25) is 0 Å². The number of anilines is 2. The van der Waals surface area contributed by atoms with Crippen LogP contribution < -0.4 is 15.8 Å². The number of rotatable bonds is 5. The van der Waals surface area contributed by atoms with Crippen LogP contribution in [0.25, 0.3) is 0 Å². The van der Waals surface area contributed by atoms with Gasteiger partial charge in [-0.3, -0.25) is 0 Å². The van der Waals surface area contributed by atoms with Crippen molar-refractivity contribution in [1.29, 1.82) is 0 Å². The molecular formula is C16H22N4O. The number of benzene rings is 1. The standard InChI is InChI=1S/C16H22N4O/c1-10(2)15-19-14(17)11(3)16(20-15)18-9-12-5-7-13(21-4)8-6-12/h5-8,10H,9H2,1-4H3,(H3,17,18,19,20). The molecule has 0 amide bonds. The van der Waals surface area contributed by atoms with Crippen LogP contribution in [0.3, 0.4) is 0 Å². The minimum atomic E-state index is 0.245. The van der Waals surface area contributed by atoms with E-state index in [1.165, 1.54) is 0 Å². The zero-order chi connectivity index (χ0) is 15.4. The van der Waals surface area contributed by atoms with Gasteiger partial charge in [-0.25, -0.2) is 9.97 Å². The van der Waals surface area contributed by atoms with Gasteiger partial charge in [-0.15, -0.1) is 0 Å². The third-order valence-electron chi connectivity index (χ3n) is 3.34. The smallest absolute Gasteiger partial charge is 0.135 e. The Hall–Kier alpha value is -2.30. The van der Waals surface area contributed by atoms with Crippen molar-refractivity contribution in [3.05, 3.63) is 41.2 Å². The molecule has 21 heavy (non-hydrogen) atoms. The lowest BCUT2D eigenvalue weighted by Crippen LogP contribution is -2.10. The number of hydrogen-bond donors (Lipinski definition) is 2. The Bertz CT molecular complexity index is 608. The molecule has 0 spiro atoms. The quantitative estimate of drug-likeness (QED) is 0.883. The number of ether oxygens (including phenoxy) is 1. The highest BCUT2D eigenvalue weighted by atomic mass is 16.5. The van der Waals surface area contributed by atoms with Crippen molar-refractivity contribution in [2.24, 2.45) is 0 Å². The van der Waals surface area contributed by atoms with Crippen LogP contribution in [0.15, 0.2) is 24.3 Å². The number of nitrogen functional groups attached to an aromatic ring is 1. The van der Waals surface area contributed by atoms with Crippen LogP contribution in [-0.2, 0) is 6.54 Å². The molecule has 1 aromatic carbocycles. The maximum absolute atomic E-state index is 5.96. The molecule has 0 aliphatic heterocycles. The third kappa shape index (κ3) is 3.62. The Morgan fingerprint density at radius 2 is 1.86 bits per heavy atom. The van der Waals surface area contributed by atoms with Crippen LogP contribution >= 0.6 is 0 Å². The normalized spacial score (nSPS) is 10.7. The highest BCUT2D eigenvalue weighted by Crippen LogP contribution is 2.21. The molecule has 0 aliphatic carbocycles. The fraction of sp³-hybridized carbons (Fsp3) is 0.375. The molecule has 5 heteroatoms. The van der Waals surface area contributed by atoms with Crippen molar-refractivity contribution in [3.63, 3.8) is 0 Å². The van der Waals surface area contributed by atoms with Crippen LogP contribution in [0.5, 0.6) is 5.75 Å². The highest BCUT2D eigenvalue weighted by Gasteiger charge is 2.11. The van der Waals surface area contributed by atoms with Gasteiger partial charge >= 0.3 is 0 Å². The van der Waals surface area contributed by atoms with Crippen molar-refractivity contribution in [3.8, 4) is 5.75 Å². The molecule has 112 valence electrons. The molecule has 0 fully saturated rings. The zero-order valence-corrected chi connectivity index (χ0v) is 13.0. The zero-order valence-electron chi connectivity index (χ0n) is 13.0. The molecule has 0 aliphatic rings. The van der Waals surface area contributed by atoms with Gasteiger partial charge in [-0.05, 0) is 24.6 Å². The van der Waals surface area contributed by atoms with E-state index in [1.807, 2.05) is 31.2 Å². The lowest BCUT2D eigenvalue weighted by atomic mass is 10.2. The maximum Gasteiger partial charge on any atom is 0.135 e. The van der Waals surface area contributed by atoms with E-state index in [9.17, 15) is 0 Å². The Balaban J connectivity index is 2.15. The maximum atomic E-state index is 5.96. The topological polar surface area (TPSA) is 73.1 Å². The summed E-state index contributed by atoms with van der Waals surface area (Å²) in [7, 11) is 1.66. The van der Waals surface area contributed by atoms with E-state index in [-0.39, 0.29) is 5.92 Å². The number of aromatic nitrogens is 2. The fourth-order valence-electron chi connectivity index (χ4n) is 1.91. The average molecular weight is 286 g/mol. The van der Waals surface area contributed by atoms with Gasteiger partial charge in [-0.2, -0.15) is 0 Å². The number of methoxy groups -OCH3 is 1. The molecule has 1 aromatic heterocycles. The molecule has 5 nitrogen and oxygen atoms in total. The van der Waals surface area contributed by atoms with Gasteiger partial charge in [0.1, 0.15) is 23.2 Å². The third-order valence-corrected chi connectivity index (χ3v) is 3.34. The Morgan fingerprint density at radius 3 is 2.43 bits per heavy atom. The summed E-state index contributed by atoms with van der Waals surface area (Å²) in [5, 5.41) is 3.33. The van der Waals surface area contributed by atoms with Crippen molar-refractivity contribution >= 4 is 11.6 Å². The molecule has 0 bridgehead atoms. The summed E-state index contributed by atoms with van der Waals surface area (Å²) in [4.78, 5) is 8.88. The lowest BCUT2D eigenvalue weighted by Gasteiger charge is -2.13. The molecule has 0 saturated heterocycles. The predicted octanol–water partition coefficient (Wildman–Crippen LogP) is 3.11. The Kier molecular flexibility index (Phi) is 4.62. The lowest BCUT2D eigenvalue weighted by molar-refractivity contribution is 0.414. The van der Waals surface area contributed by atoms with E-state index in [4.69, 9.17) is 10.5 Å². The van der Waals surface area contributed by atoms with Crippen LogP contribution in [0.1, 0.15) is 36.7 Å². The molecule has 2 aromatic rings. The van der Waals surface area contributed by atoms with Crippen molar-refractivity contribution in [2.45, 2.75) is 33.2 Å². The molecule has 3 N–H and O–H groups in total. The van der Waals surface area contributed by atoms with E-state index in [2.05, 4.69) is 29.1 Å². The number of nitrogens with two attached hydrogens (primary N) is 1. The SMILES string of the molecule is COc1ccc(CNc2nc(C(C)C)nc(N)c2C)cc1. The predicted molar refractivity (Wildman–Crippen MR) is 85.6 cm³/mol. The minimum absolute atomic E-state index is 0.245. The second kappa shape index (κ2) is 6.43. The second-order valence-electron chi connectivity index (χ2n) is 5.30. The number of hydrogen-bond acceptors (Lipinski definition) is 5. The van der Waals surface area contributed by atoms with Crippen LogP contribution in [0.4, 0.5) is 11.6 Å². The minimum Gasteiger partial charge on any atom is -0.497 e. The summed E-state index contributed by atoms with van der Waals surface area (Å²) in [5.41, 5.74) is 7.99. The van der Waals surface area contributed by atoms with E-state index >= 15 is 0 Å². The molecule has 0 atom stereocenters. The Labute approximate surface area is 125 Å². The molecule has 2 rings (SSSR count). The van der Waals surface area contributed by atoms with Gasteiger partial charge in [0.15, 0.2) is 0 Å². The largest absolute Gasteiger partial charge is 0.497 e.